The topological polar surface area (TPSA) is 9.23 Å². The third-order valence-corrected chi connectivity index (χ3v) is 3.18. The number of ether oxygens (including phenoxy) is 1. The Hall–Kier alpha value is -2.20. The maximum absolute atomic E-state index is 5.14. The Bertz CT molecular complexity index is 582. The van der Waals surface area contributed by atoms with E-state index in [1.165, 1.54) is 17.5 Å². The molecule has 0 atom stereocenters. The van der Waals surface area contributed by atoms with Crippen LogP contribution in [0, 0.1) is 11.8 Å². The van der Waals surface area contributed by atoms with Gasteiger partial charge in [-0.25, -0.2) is 0 Å². The number of hydrogen-bond donors (Lipinski definition) is 0. The molecule has 102 valence electrons. The van der Waals surface area contributed by atoms with E-state index in [1.807, 2.05) is 12.1 Å². The van der Waals surface area contributed by atoms with Crippen LogP contribution in [-0.2, 0) is 12.8 Å². The Morgan fingerprint density at radius 1 is 0.900 bits per heavy atom. The van der Waals surface area contributed by atoms with E-state index in [1.54, 1.807) is 7.11 Å². The van der Waals surface area contributed by atoms with Crippen LogP contribution in [0.3, 0.4) is 0 Å². The molecule has 1 heteroatoms. The van der Waals surface area contributed by atoms with Crippen molar-refractivity contribution in [2.75, 3.05) is 7.11 Å². The van der Waals surface area contributed by atoms with Gasteiger partial charge in [0.2, 0.25) is 0 Å². The van der Waals surface area contributed by atoms with E-state index in [0.717, 1.165) is 24.2 Å². The third kappa shape index (κ3) is 4.17. The van der Waals surface area contributed by atoms with Gasteiger partial charge in [-0.2, -0.15) is 0 Å². The Labute approximate surface area is 121 Å². The molecular weight excluding hydrogens is 244 g/mol. The molecule has 2 aromatic rings. The van der Waals surface area contributed by atoms with E-state index in [0.29, 0.717) is 0 Å². The fourth-order valence-electron chi connectivity index (χ4n) is 2.04. The minimum Gasteiger partial charge on any atom is -0.497 e. The van der Waals surface area contributed by atoms with Crippen molar-refractivity contribution < 1.29 is 4.74 Å². The summed E-state index contributed by atoms with van der Waals surface area (Å²) in [6, 6.07) is 16.6. The molecule has 0 aliphatic heterocycles. The van der Waals surface area contributed by atoms with E-state index >= 15 is 0 Å². The molecule has 2 rings (SSSR count). The van der Waals surface area contributed by atoms with Crippen molar-refractivity contribution in [3.8, 4) is 17.6 Å². The molecule has 0 amide bonds. The molecule has 0 aliphatic rings. The van der Waals surface area contributed by atoms with Crippen molar-refractivity contribution in [1.29, 1.82) is 0 Å². The SMILES string of the molecule is CCCc1ccc(C#CCc2ccc(OC)cc2)cc1. The first-order chi connectivity index (χ1) is 9.81. The second kappa shape index (κ2) is 7.40. The number of methoxy groups -OCH3 is 1. The zero-order chi connectivity index (χ0) is 14.2. The summed E-state index contributed by atoms with van der Waals surface area (Å²) in [5, 5.41) is 0. The van der Waals surface area contributed by atoms with E-state index in [2.05, 4.69) is 55.2 Å². The second-order valence-electron chi connectivity index (χ2n) is 4.77. The largest absolute Gasteiger partial charge is 0.497 e. The number of rotatable bonds is 4. The average molecular weight is 264 g/mol. The molecule has 0 saturated carbocycles. The predicted molar refractivity (Wildman–Crippen MR) is 84.0 cm³/mol. The maximum Gasteiger partial charge on any atom is 0.118 e. The minimum atomic E-state index is 0.765. The Kier molecular flexibility index (Phi) is 5.26. The number of benzene rings is 2. The highest BCUT2D eigenvalue weighted by Gasteiger charge is 1.93. The average Bonchev–Trinajstić information content (AvgIpc) is 2.50. The van der Waals surface area contributed by atoms with E-state index < -0.39 is 0 Å². The van der Waals surface area contributed by atoms with E-state index in [-0.39, 0.29) is 0 Å². The van der Waals surface area contributed by atoms with Gasteiger partial charge in [0.1, 0.15) is 5.75 Å². The molecule has 0 fully saturated rings. The quantitative estimate of drug-likeness (QED) is 0.750. The van der Waals surface area contributed by atoms with Gasteiger partial charge in [0, 0.05) is 12.0 Å². The number of hydrogen-bond acceptors (Lipinski definition) is 1. The van der Waals surface area contributed by atoms with Crippen LogP contribution in [0.1, 0.15) is 30.0 Å². The first-order valence-electron chi connectivity index (χ1n) is 7.02. The summed E-state index contributed by atoms with van der Waals surface area (Å²) in [6.07, 6.45) is 3.09. The van der Waals surface area contributed by atoms with Crippen LogP contribution in [0.4, 0.5) is 0 Å². The van der Waals surface area contributed by atoms with Gasteiger partial charge < -0.3 is 4.74 Å². The van der Waals surface area contributed by atoms with Crippen LogP contribution in [0.25, 0.3) is 0 Å². The van der Waals surface area contributed by atoms with Gasteiger partial charge in [0.15, 0.2) is 0 Å². The van der Waals surface area contributed by atoms with Gasteiger partial charge in [-0.1, -0.05) is 49.5 Å². The van der Waals surface area contributed by atoms with E-state index in [4.69, 9.17) is 4.74 Å². The van der Waals surface area contributed by atoms with Crippen LogP contribution < -0.4 is 4.74 Å². The zero-order valence-corrected chi connectivity index (χ0v) is 12.1. The molecule has 0 heterocycles. The van der Waals surface area contributed by atoms with Gasteiger partial charge in [-0.05, 0) is 41.8 Å². The van der Waals surface area contributed by atoms with Crippen LogP contribution in [0.5, 0.6) is 5.75 Å². The van der Waals surface area contributed by atoms with Gasteiger partial charge in [-0.15, -0.1) is 0 Å². The lowest BCUT2D eigenvalue weighted by atomic mass is 10.1. The smallest absolute Gasteiger partial charge is 0.118 e. The number of aryl methyl sites for hydroxylation is 1. The van der Waals surface area contributed by atoms with Crippen molar-refractivity contribution in [3.05, 3.63) is 65.2 Å². The summed E-state index contributed by atoms with van der Waals surface area (Å²) < 4.78 is 5.14. The van der Waals surface area contributed by atoms with E-state index in [9.17, 15) is 0 Å². The molecular formula is C19H20O. The third-order valence-electron chi connectivity index (χ3n) is 3.18. The fraction of sp³-hybridized carbons (Fsp3) is 0.263. The van der Waals surface area contributed by atoms with Crippen LogP contribution in [0.2, 0.25) is 0 Å². The maximum atomic E-state index is 5.14. The normalized spacial score (nSPS) is 9.70. The highest BCUT2D eigenvalue weighted by molar-refractivity contribution is 5.38. The van der Waals surface area contributed by atoms with Crippen LogP contribution >= 0.6 is 0 Å². The highest BCUT2D eigenvalue weighted by atomic mass is 16.5. The van der Waals surface area contributed by atoms with Gasteiger partial charge >= 0.3 is 0 Å². The van der Waals surface area contributed by atoms with Crippen molar-refractivity contribution in [1.82, 2.24) is 0 Å². The molecule has 0 saturated heterocycles. The van der Waals surface area contributed by atoms with Gasteiger partial charge in [0.05, 0.1) is 7.11 Å². The zero-order valence-electron chi connectivity index (χ0n) is 12.1. The monoisotopic (exact) mass is 264 g/mol. The fourth-order valence-corrected chi connectivity index (χ4v) is 2.04. The lowest BCUT2D eigenvalue weighted by molar-refractivity contribution is 0.414. The molecule has 20 heavy (non-hydrogen) atoms. The first-order valence-corrected chi connectivity index (χ1v) is 7.02. The summed E-state index contributed by atoms with van der Waals surface area (Å²) in [4.78, 5) is 0. The molecule has 0 radical (unpaired) electrons. The predicted octanol–water partition coefficient (Wildman–Crippen LogP) is 4.24. The molecule has 0 aliphatic carbocycles. The Balaban J connectivity index is 1.96. The Morgan fingerprint density at radius 3 is 2.15 bits per heavy atom. The molecule has 0 spiro atoms. The molecule has 0 unspecified atom stereocenters. The minimum absolute atomic E-state index is 0.765. The Morgan fingerprint density at radius 2 is 1.55 bits per heavy atom. The molecule has 0 N–H and O–H groups in total. The summed E-state index contributed by atoms with van der Waals surface area (Å²) in [5.41, 5.74) is 3.67. The first kappa shape index (κ1) is 14.2. The van der Waals surface area contributed by atoms with Gasteiger partial charge in [0.25, 0.3) is 0 Å². The molecule has 0 bridgehead atoms. The van der Waals surface area contributed by atoms with Crippen molar-refractivity contribution in [3.63, 3.8) is 0 Å². The molecule has 0 aromatic heterocycles. The van der Waals surface area contributed by atoms with Crippen molar-refractivity contribution in [2.45, 2.75) is 26.2 Å². The summed E-state index contributed by atoms with van der Waals surface area (Å²) in [7, 11) is 1.68. The standard InChI is InChI=1S/C19H20O/c1-3-5-16-8-10-17(11-9-16)6-4-7-18-12-14-19(20-2)15-13-18/h8-15H,3,5,7H2,1-2H3. The van der Waals surface area contributed by atoms with Crippen LogP contribution in [-0.4, -0.2) is 7.11 Å². The van der Waals surface area contributed by atoms with Crippen LogP contribution in [0.15, 0.2) is 48.5 Å². The second-order valence-corrected chi connectivity index (χ2v) is 4.77. The van der Waals surface area contributed by atoms with Gasteiger partial charge in [-0.3, -0.25) is 0 Å². The lowest BCUT2D eigenvalue weighted by Gasteiger charge is -1.99. The summed E-state index contributed by atoms with van der Waals surface area (Å²) in [5.74, 6) is 7.31. The lowest BCUT2D eigenvalue weighted by Crippen LogP contribution is -1.85. The molecule has 1 nitrogen and oxygen atoms in total. The summed E-state index contributed by atoms with van der Waals surface area (Å²) >= 11 is 0. The summed E-state index contributed by atoms with van der Waals surface area (Å²) in [6.45, 7) is 2.20. The van der Waals surface area contributed by atoms with Crippen molar-refractivity contribution in [2.24, 2.45) is 0 Å². The highest BCUT2D eigenvalue weighted by Crippen LogP contribution is 2.11. The van der Waals surface area contributed by atoms with Crippen molar-refractivity contribution >= 4 is 0 Å². The molecule has 2 aromatic carbocycles.